The van der Waals surface area contributed by atoms with E-state index in [0.717, 1.165) is 42.4 Å². The van der Waals surface area contributed by atoms with Crippen LogP contribution in [0.1, 0.15) is 43.7 Å². The highest BCUT2D eigenvalue weighted by atomic mass is 32.2. The molecule has 2 aliphatic rings. The molecule has 0 spiro atoms. The Morgan fingerprint density at radius 1 is 1.11 bits per heavy atom. The summed E-state index contributed by atoms with van der Waals surface area (Å²) in [7, 11) is -4.85. The predicted octanol–water partition coefficient (Wildman–Crippen LogP) is 4.34. The quantitative estimate of drug-likeness (QED) is 0.496. The van der Waals surface area contributed by atoms with Gasteiger partial charge in [0.2, 0.25) is 0 Å². The molecule has 1 atom stereocenters. The first-order chi connectivity index (χ1) is 17.6. The Labute approximate surface area is 219 Å². The molecule has 3 aromatic rings. The predicted molar refractivity (Wildman–Crippen MR) is 142 cm³/mol. The molecular formula is C26H32F2N4O3S2. The molecule has 0 amide bonds. The molecule has 0 bridgehead atoms. The van der Waals surface area contributed by atoms with Gasteiger partial charge in [-0.3, -0.25) is 8.51 Å². The zero-order valence-electron chi connectivity index (χ0n) is 21.2. The van der Waals surface area contributed by atoms with Gasteiger partial charge in [-0.15, -0.1) is 0 Å². The summed E-state index contributed by atoms with van der Waals surface area (Å²) in [6.45, 7) is 6.43. The minimum atomic E-state index is -3.70. The summed E-state index contributed by atoms with van der Waals surface area (Å²) >= 11 is 0. The number of aromatic amines is 1. The van der Waals surface area contributed by atoms with Crippen molar-refractivity contribution in [1.82, 2.24) is 14.2 Å². The van der Waals surface area contributed by atoms with Gasteiger partial charge in [-0.25, -0.2) is 8.78 Å². The molecule has 1 aromatic heterocycles. The summed E-state index contributed by atoms with van der Waals surface area (Å²) in [6, 6.07) is 7.95. The summed E-state index contributed by atoms with van der Waals surface area (Å²) in [4.78, 5) is 5.83. The number of benzene rings is 2. The molecule has 5 rings (SSSR count). The van der Waals surface area contributed by atoms with Crippen molar-refractivity contribution in [3.63, 3.8) is 0 Å². The number of anilines is 1. The summed E-state index contributed by atoms with van der Waals surface area (Å²) < 4.78 is 69.7. The van der Waals surface area contributed by atoms with Crippen molar-refractivity contribution in [2.45, 2.75) is 50.1 Å². The number of fused-ring (bicyclic) bond motifs is 2. The molecule has 1 saturated heterocycles. The molecule has 11 heteroatoms. The fraction of sp³-hybridized carbons (Fsp3) is 0.462. The Morgan fingerprint density at radius 2 is 1.84 bits per heavy atom. The highest BCUT2D eigenvalue weighted by Crippen LogP contribution is 2.36. The summed E-state index contributed by atoms with van der Waals surface area (Å²) in [5.74, 6) is -1.49. The fourth-order valence-corrected chi connectivity index (χ4v) is 7.89. The van der Waals surface area contributed by atoms with Crippen LogP contribution in [-0.4, -0.2) is 65.3 Å². The number of piperidine rings is 1. The van der Waals surface area contributed by atoms with Gasteiger partial charge in [0, 0.05) is 59.2 Å². The number of aromatic nitrogens is 1. The van der Waals surface area contributed by atoms with Crippen molar-refractivity contribution in [1.29, 1.82) is 0 Å². The third kappa shape index (κ3) is 4.82. The van der Waals surface area contributed by atoms with E-state index in [1.54, 1.807) is 30.7 Å². The maximum Gasteiger partial charge on any atom is 0.304 e. The average molecular weight is 551 g/mol. The van der Waals surface area contributed by atoms with Crippen LogP contribution < -0.4 is 4.31 Å². The van der Waals surface area contributed by atoms with Crippen molar-refractivity contribution in [3.05, 3.63) is 59.3 Å². The van der Waals surface area contributed by atoms with E-state index in [4.69, 9.17) is 0 Å². The van der Waals surface area contributed by atoms with E-state index in [1.165, 1.54) is 14.7 Å². The minimum Gasteiger partial charge on any atom is -0.358 e. The fourth-order valence-electron chi connectivity index (χ4n) is 5.49. The number of hydrogen-bond acceptors (Lipinski definition) is 4. The van der Waals surface area contributed by atoms with E-state index in [1.807, 2.05) is 19.9 Å². The van der Waals surface area contributed by atoms with Crippen molar-refractivity contribution in [2.24, 2.45) is 0 Å². The molecule has 0 saturated carbocycles. The first-order valence-corrected chi connectivity index (χ1v) is 15.5. The number of halogens is 2. The van der Waals surface area contributed by atoms with E-state index in [-0.39, 0.29) is 24.0 Å². The average Bonchev–Trinajstić information content (AvgIpc) is 3.29. The first kappa shape index (κ1) is 26.3. The van der Waals surface area contributed by atoms with Gasteiger partial charge in [-0.2, -0.15) is 12.7 Å². The van der Waals surface area contributed by atoms with Crippen molar-refractivity contribution >= 4 is 37.6 Å². The molecule has 2 aliphatic heterocycles. The monoisotopic (exact) mass is 550 g/mol. The molecule has 0 radical (unpaired) electrons. The van der Waals surface area contributed by atoms with Gasteiger partial charge in [-0.05, 0) is 87.2 Å². The topological polar surface area (TPSA) is 76.7 Å². The molecule has 1 N–H and O–H groups in total. The molecule has 200 valence electrons. The van der Waals surface area contributed by atoms with Crippen LogP contribution in [0, 0.1) is 11.6 Å². The Bertz CT molecular complexity index is 1450. The lowest BCUT2D eigenvalue weighted by Crippen LogP contribution is -2.52. The normalized spacial score (nSPS) is 20.0. The van der Waals surface area contributed by atoms with E-state index >= 15 is 0 Å². The molecule has 3 heterocycles. The van der Waals surface area contributed by atoms with Crippen LogP contribution in [-0.2, 0) is 27.6 Å². The van der Waals surface area contributed by atoms with Gasteiger partial charge in [0.15, 0.2) is 11.6 Å². The number of hydrogen-bond donors (Lipinski definition) is 1. The number of nitrogens with one attached hydrogen (secondary N) is 1. The molecular weight excluding hydrogens is 518 g/mol. The largest absolute Gasteiger partial charge is 0.358 e. The third-order valence-electron chi connectivity index (χ3n) is 7.55. The Kier molecular flexibility index (Phi) is 7.16. The highest BCUT2D eigenvalue weighted by molar-refractivity contribution is 7.90. The molecule has 37 heavy (non-hydrogen) atoms. The van der Waals surface area contributed by atoms with Crippen LogP contribution >= 0.6 is 0 Å². The van der Waals surface area contributed by atoms with Crippen LogP contribution in [0.5, 0.6) is 0 Å². The van der Waals surface area contributed by atoms with Gasteiger partial charge >= 0.3 is 10.2 Å². The Morgan fingerprint density at radius 3 is 2.51 bits per heavy atom. The smallest absolute Gasteiger partial charge is 0.304 e. The highest BCUT2D eigenvalue weighted by Gasteiger charge is 2.38. The van der Waals surface area contributed by atoms with Crippen LogP contribution in [0.4, 0.5) is 14.5 Å². The van der Waals surface area contributed by atoms with Crippen LogP contribution in [0.15, 0.2) is 41.4 Å². The first-order valence-electron chi connectivity index (χ1n) is 12.5. The lowest BCUT2D eigenvalue weighted by molar-refractivity contribution is 0.217. The lowest BCUT2D eigenvalue weighted by atomic mass is 9.89. The maximum atomic E-state index is 14.1. The van der Waals surface area contributed by atoms with Gasteiger partial charge < -0.3 is 9.88 Å². The van der Waals surface area contributed by atoms with E-state index in [0.29, 0.717) is 23.7 Å². The maximum absolute atomic E-state index is 14.1. The van der Waals surface area contributed by atoms with E-state index in [9.17, 15) is 21.4 Å². The summed E-state index contributed by atoms with van der Waals surface area (Å²) in [6.07, 6.45) is 5.09. The van der Waals surface area contributed by atoms with Crippen LogP contribution in [0.25, 0.3) is 10.9 Å². The molecule has 7 nitrogen and oxygen atoms in total. The lowest BCUT2D eigenvalue weighted by Gasteiger charge is -2.40. The SMILES string of the molecule is CC(C)N1Cc2cc(S(C)=O)ccc2N(CCN2CCC(c3c[nH]c4c(F)c(F)ccc34)CC2)S1(=O)=O. The second-order valence-corrected chi connectivity index (χ2v) is 13.3. The number of H-pyrrole nitrogens is 1. The summed E-state index contributed by atoms with van der Waals surface area (Å²) in [5.41, 5.74) is 2.71. The third-order valence-corrected chi connectivity index (χ3v) is 10.6. The number of likely N-dealkylation sites (tertiary alicyclic amines) is 1. The number of nitrogens with zero attached hydrogens (tertiary/aromatic N) is 3. The zero-order chi connectivity index (χ0) is 26.5. The molecule has 0 aliphatic carbocycles. The van der Waals surface area contributed by atoms with Gasteiger partial charge in [-0.1, -0.05) is 0 Å². The van der Waals surface area contributed by atoms with Crippen molar-refractivity contribution in [2.75, 3.05) is 36.7 Å². The zero-order valence-corrected chi connectivity index (χ0v) is 22.8. The molecule has 2 aromatic carbocycles. The van der Waals surface area contributed by atoms with Gasteiger partial charge in [0.25, 0.3) is 0 Å². The van der Waals surface area contributed by atoms with E-state index < -0.39 is 32.6 Å². The second-order valence-electron chi connectivity index (χ2n) is 10.1. The van der Waals surface area contributed by atoms with Crippen molar-refractivity contribution in [3.8, 4) is 0 Å². The molecule has 1 unspecified atom stereocenters. The summed E-state index contributed by atoms with van der Waals surface area (Å²) in [5, 5.41) is 0.717. The second kappa shape index (κ2) is 10.1. The Hall–Kier alpha value is -2.34. The van der Waals surface area contributed by atoms with Crippen molar-refractivity contribution < 1.29 is 21.4 Å². The van der Waals surface area contributed by atoms with E-state index in [2.05, 4.69) is 9.88 Å². The standard InChI is InChI=1S/C26H32F2N4O3S2/c1-17(2)32-16-19-14-20(36(3)33)4-7-24(19)31(37(32,34)35)13-12-30-10-8-18(9-11-30)22-15-29-26-21(22)5-6-23(27)25(26)28/h4-7,14-15,17-18,29H,8-13,16H2,1-3H3. The van der Waals surface area contributed by atoms with Gasteiger partial charge in [0.1, 0.15) is 0 Å². The Balaban J connectivity index is 1.30. The number of rotatable bonds is 6. The van der Waals surface area contributed by atoms with Gasteiger partial charge in [0.05, 0.1) is 11.2 Å². The van der Waals surface area contributed by atoms with Crippen LogP contribution in [0.3, 0.4) is 0 Å². The molecule has 1 fully saturated rings. The van der Waals surface area contributed by atoms with Crippen LogP contribution in [0.2, 0.25) is 0 Å². The minimum absolute atomic E-state index is 0.205.